The minimum absolute atomic E-state index is 0.212. The molecule has 108 valence electrons. The van der Waals surface area contributed by atoms with Crippen molar-refractivity contribution in [2.24, 2.45) is 0 Å². The summed E-state index contributed by atoms with van der Waals surface area (Å²) in [5.41, 5.74) is -0.681. The van der Waals surface area contributed by atoms with Crippen LogP contribution in [0.25, 0.3) is 0 Å². The number of nitriles is 2. The van der Waals surface area contributed by atoms with Gasteiger partial charge in [0.25, 0.3) is 11.6 Å². The number of carbonyl (C=O) groups is 1. The summed E-state index contributed by atoms with van der Waals surface area (Å²) in [6, 6.07) is 4.73. The van der Waals surface area contributed by atoms with Gasteiger partial charge in [-0.2, -0.15) is 10.5 Å². The van der Waals surface area contributed by atoms with Crippen molar-refractivity contribution in [3.63, 3.8) is 0 Å². The number of nitrogens with zero attached hydrogens (tertiary/aromatic N) is 5. The van der Waals surface area contributed by atoms with E-state index >= 15 is 0 Å². The number of carbonyl (C=O) groups excluding carboxylic acids is 1. The van der Waals surface area contributed by atoms with Crippen LogP contribution in [0.4, 0.5) is 11.5 Å². The fraction of sp³-hybridized carbons (Fsp3) is 0.333. The number of hydrogen-bond acceptors (Lipinski definition) is 7. The normalized spacial score (nSPS) is 9.29. The molecule has 1 amide bonds. The molecule has 0 aliphatic heterocycles. The fourth-order valence-electron chi connectivity index (χ4n) is 1.58. The molecule has 0 bridgehead atoms. The number of hydrogen-bond donors (Lipinski definition) is 1. The third kappa shape index (κ3) is 3.88. The summed E-state index contributed by atoms with van der Waals surface area (Å²) in [7, 11) is 0. The minimum Gasteiger partial charge on any atom is -0.370 e. The molecule has 0 saturated heterocycles. The summed E-state index contributed by atoms with van der Waals surface area (Å²) in [4.78, 5) is 27.3. The second-order valence-corrected chi connectivity index (χ2v) is 3.85. The van der Waals surface area contributed by atoms with E-state index in [-0.39, 0.29) is 18.7 Å². The summed E-state index contributed by atoms with van der Waals surface area (Å²) >= 11 is 0. The van der Waals surface area contributed by atoms with Crippen molar-refractivity contribution in [1.29, 1.82) is 10.5 Å². The molecule has 9 heteroatoms. The molecule has 0 aromatic carbocycles. The molecule has 0 unspecified atom stereocenters. The maximum Gasteiger partial charge on any atom is 0.300 e. The zero-order valence-corrected chi connectivity index (χ0v) is 11.2. The molecule has 0 atom stereocenters. The Kier molecular flexibility index (Phi) is 5.59. The number of aromatic nitrogens is 1. The highest BCUT2D eigenvalue weighted by Crippen LogP contribution is 2.22. The maximum absolute atomic E-state index is 12.3. The van der Waals surface area contributed by atoms with E-state index in [1.165, 1.54) is 6.07 Å². The van der Waals surface area contributed by atoms with Gasteiger partial charge < -0.3 is 10.2 Å². The smallest absolute Gasteiger partial charge is 0.300 e. The van der Waals surface area contributed by atoms with Gasteiger partial charge in [0.15, 0.2) is 0 Å². The van der Waals surface area contributed by atoms with Crippen molar-refractivity contribution in [2.45, 2.75) is 6.92 Å². The van der Waals surface area contributed by atoms with Gasteiger partial charge in [-0.25, -0.2) is 4.98 Å². The number of pyridine rings is 1. The number of amides is 1. The fourth-order valence-corrected chi connectivity index (χ4v) is 1.58. The van der Waals surface area contributed by atoms with Gasteiger partial charge >= 0.3 is 0 Å². The Bertz CT molecular complexity index is 615. The Morgan fingerprint density at radius 3 is 2.57 bits per heavy atom. The van der Waals surface area contributed by atoms with E-state index in [0.717, 1.165) is 11.1 Å². The van der Waals surface area contributed by atoms with Crippen LogP contribution in [0.1, 0.15) is 17.3 Å². The SMILES string of the molecule is CCNc1cc(C(=O)N(CC#N)CC#N)c([N+](=O)[O-])cn1. The van der Waals surface area contributed by atoms with E-state index in [9.17, 15) is 14.9 Å². The Morgan fingerprint density at radius 1 is 1.48 bits per heavy atom. The first-order valence-corrected chi connectivity index (χ1v) is 5.96. The van der Waals surface area contributed by atoms with Crippen LogP contribution < -0.4 is 5.32 Å². The lowest BCUT2D eigenvalue weighted by atomic mass is 10.2. The molecule has 1 heterocycles. The molecule has 1 aromatic heterocycles. The van der Waals surface area contributed by atoms with Crippen molar-refractivity contribution in [3.05, 3.63) is 27.9 Å². The highest BCUT2D eigenvalue weighted by atomic mass is 16.6. The number of anilines is 1. The molecular formula is C12H12N6O3. The first-order chi connectivity index (χ1) is 10.0. The van der Waals surface area contributed by atoms with Crippen LogP contribution in [0.3, 0.4) is 0 Å². The van der Waals surface area contributed by atoms with E-state index in [4.69, 9.17) is 10.5 Å². The molecule has 21 heavy (non-hydrogen) atoms. The van der Waals surface area contributed by atoms with Gasteiger partial charge in [-0.05, 0) is 6.92 Å². The van der Waals surface area contributed by atoms with Crippen LogP contribution in [-0.2, 0) is 0 Å². The standard InChI is InChI=1S/C12H12N6O3/c1-2-15-11-7-9(10(8-16-11)18(20)21)12(19)17(5-3-13)6-4-14/h7-8H,2,5-6H2,1H3,(H,15,16). The second-order valence-electron chi connectivity index (χ2n) is 3.85. The van der Waals surface area contributed by atoms with Crippen LogP contribution in [0.5, 0.6) is 0 Å². The Labute approximate surface area is 120 Å². The predicted octanol–water partition coefficient (Wildman–Crippen LogP) is 0.911. The van der Waals surface area contributed by atoms with Crippen LogP contribution >= 0.6 is 0 Å². The predicted molar refractivity (Wildman–Crippen MR) is 72.2 cm³/mol. The lowest BCUT2D eigenvalue weighted by Gasteiger charge is -2.16. The number of nitrogens with one attached hydrogen (secondary N) is 1. The molecule has 0 aliphatic rings. The van der Waals surface area contributed by atoms with E-state index in [0.29, 0.717) is 12.4 Å². The van der Waals surface area contributed by atoms with Gasteiger partial charge in [0.1, 0.15) is 30.7 Å². The van der Waals surface area contributed by atoms with Crippen molar-refractivity contribution in [1.82, 2.24) is 9.88 Å². The lowest BCUT2D eigenvalue weighted by molar-refractivity contribution is -0.385. The molecule has 0 radical (unpaired) electrons. The first kappa shape index (κ1) is 15.9. The Balaban J connectivity index is 3.27. The van der Waals surface area contributed by atoms with Gasteiger partial charge in [-0.15, -0.1) is 0 Å². The average molecular weight is 288 g/mol. The van der Waals surface area contributed by atoms with Gasteiger partial charge in [0.2, 0.25) is 0 Å². The summed E-state index contributed by atoms with van der Waals surface area (Å²) < 4.78 is 0. The zero-order chi connectivity index (χ0) is 15.8. The van der Waals surface area contributed by atoms with Gasteiger partial charge in [-0.1, -0.05) is 0 Å². The summed E-state index contributed by atoms with van der Waals surface area (Å²) in [5.74, 6) is -0.452. The van der Waals surface area contributed by atoms with Crippen LogP contribution in [-0.4, -0.2) is 40.3 Å². The third-order valence-corrected chi connectivity index (χ3v) is 2.48. The number of rotatable bonds is 6. The molecule has 1 aromatic rings. The van der Waals surface area contributed by atoms with Crippen molar-refractivity contribution >= 4 is 17.4 Å². The molecule has 9 nitrogen and oxygen atoms in total. The van der Waals surface area contributed by atoms with E-state index in [1.54, 1.807) is 12.1 Å². The largest absolute Gasteiger partial charge is 0.370 e. The van der Waals surface area contributed by atoms with E-state index in [2.05, 4.69) is 10.3 Å². The highest BCUT2D eigenvalue weighted by molar-refractivity contribution is 5.99. The van der Waals surface area contributed by atoms with Gasteiger partial charge in [-0.3, -0.25) is 14.9 Å². The summed E-state index contributed by atoms with van der Waals surface area (Å²) in [5, 5.41) is 31.1. The summed E-state index contributed by atoms with van der Waals surface area (Å²) in [6.45, 7) is 1.67. The quantitative estimate of drug-likeness (QED) is 0.466. The third-order valence-electron chi connectivity index (χ3n) is 2.48. The second kappa shape index (κ2) is 7.40. The highest BCUT2D eigenvalue weighted by Gasteiger charge is 2.25. The van der Waals surface area contributed by atoms with Crippen molar-refractivity contribution in [3.8, 4) is 12.1 Å². The van der Waals surface area contributed by atoms with E-state index < -0.39 is 16.5 Å². The summed E-state index contributed by atoms with van der Waals surface area (Å²) in [6.07, 6.45) is 0.974. The minimum atomic E-state index is -0.758. The first-order valence-electron chi connectivity index (χ1n) is 5.96. The maximum atomic E-state index is 12.3. The van der Waals surface area contributed by atoms with Crippen molar-refractivity contribution in [2.75, 3.05) is 25.0 Å². The Hall–Kier alpha value is -3.20. The van der Waals surface area contributed by atoms with Crippen LogP contribution in [0.15, 0.2) is 12.3 Å². The molecule has 0 fully saturated rings. The van der Waals surface area contributed by atoms with E-state index in [1.807, 2.05) is 6.92 Å². The number of nitro groups is 1. The molecule has 1 N–H and O–H groups in total. The average Bonchev–Trinajstić information content (AvgIpc) is 2.46. The zero-order valence-electron chi connectivity index (χ0n) is 11.2. The monoisotopic (exact) mass is 288 g/mol. The van der Waals surface area contributed by atoms with Gasteiger partial charge in [0.05, 0.1) is 17.1 Å². The lowest BCUT2D eigenvalue weighted by Crippen LogP contribution is -2.32. The molecule has 1 rings (SSSR count). The Morgan fingerprint density at radius 2 is 2.10 bits per heavy atom. The molecule has 0 spiro atoms. The topological polar surface area (TPSA) is 136 Å². The van der Waals surface area contributed by atoms with Crippen LogP contribution in [0.2, 0.25) is 0 Å². The molecule has 0 aliphatic carbocycles. The molecule has 0 saturated carbocycles. The molecular weight excluding hydrogens is 276 g/mol. The van der Waals surface area contributed by atoms with Crippen LogP contribution in [0, 0.1) is 32.8 Å². The van der Waals surface area contributed by atoms with Crippen molar-refractivity contribution < 1.29 is 9.72 Å². The van der Waals surface area contributed by atoms with Gasteiger partial charge in [0, 0.05) is 12.6 Å².